The minimum Gasteiger partial charge on any atom is -0.103 e. The summed E-state index contributed by atoms with van der Waals surface area (Å²) in [7, 11) is 0. The van der Waals surface area contributed by atoms with Crippen LogP contribution in [0.2, 0.25) is 0 Å². The standard InChI is InChI=1S/C18H28/c1-3-5-7-9-11-13-15-17-18-16-14-12-10-8-6-4-2/h3-4,9-12,17-18H,1-2,5-8,13-16H2/b11-9+,12-10+,18-17+. The average molecular weight is 244 g/mol. The van der Waals surface area contributed by atoms with E-state index in [9.17, 15) is 0 Å². The van der Waals surface area contributed by atoms with Crippen LogP contribution < -0.4 is 0 Å². The first kappa shape index (κ1) is 16.7. The van der Waals surface area contributed by atoms with E-state index in [-0.39, 0.29) is 0 Å². The number of hydrogen-bond donors (Lipinski definition) is 0. The smallest absolute Gasteiger partial charge is 0.0316 e. The fourth-order valence-electron chi connectivity index (χ4n) is 1.52. The fraction of sp³-hybridized carbons (Fsp3) is 0.444. The van der Waals surface area contributed by atoms with Crippen molar-refractivity contribution < 1.29 is 0 Å². The Balaban J connectivity index is 3.27. The van der Waals surface area contributed by atoms with Crippen LogP contribution in [-0.4, -0.2) is 0 Å². The maximum atomic E-state index is 3.70. The summed E-state index contributed by atoms with van der Waals surface area (Å²) in [4.78, 5) is 0. The van der Waals surface area contributed by atoms with Crippen molar-refractivity contribution in [1.29, 1.82) is 0 Å². The second kappa shape index (κ2) is 15.7. The van der Waals surface area contributed by atoms with Gasteiger partial charge in [0.25, 0.3) is 0 Å². The Morgan fingerprint density at radius 3 is 0.833 bits per heavy atom. The highest BCUT2D eigenvalue weighted by atomic mass is 13.9. The van der Waals surface area contributed by atoms with E-state index >= 15 is 0 Å². The molecule has 0 aliphatic heterocycles. The van der Waals surface area contributed by atoms with Crippen molar-refractivity contribution in [1.82, 2.24) is 0 Å². The van der Waals surface area contributed by atoms with Crippen LogP contribution in [-0.2, 0) is 0 Å². The summed E-state index contributed by atoms with van der Waals surface area (Å²) in [6.07, 6.45) is 26.6. The van der Waals surface area contributed by atoms with Crippen LogP contribution in [0.25, 0.3) is 0 Å². The van der Waals surface area contributed by atoms with Gasteiger partial charge in [0, 0.05) is 0 Å². The van der Waals surface area contributed by atoms with Crippen LogP contribution >= 0.6 is 0 Å². The third kappa shape index (κ3) is 14.7. The van der Waals surface area contributed by atoms with E-state index < -0.39 is 0 Å². The summed E-state index contributed by atoms with van der Waals surface area (Å²) in [6, 6.07) is 0. The Bertz CT molecular complexity index is 238. The van der Waals surface area contributed by atoms with Crippen molar-refractivity contribution in [2.75, 3.05) is 0 Å². The molecule has 0 aromatic rings. The number of unbranched alkanes of at least 4 members (excludes halogenated alkanes) is 4. The van der Waals surface area contributed by atoms with E-state index in [1.165, 1.54) is 0 Å². The second-order valence-electron chi connectivity index (χ2n) is 4.30. The molecule has 0 saturated carbocycles. The van der Waals surface area contributed by atoms with Gasteiger partial charge in [-0.05, 0) is 51.4 Å². The van der Waals surface area contributed by atoms with Crippen molar-refractivity contribution >= 4 is 0 Å². The Hall–Kier alpha value is -1.30. The molecule has 0 heteroatoms. The van der Waals surface area contributed by atoms with Gasteiger partial charge < -0.3 is 0 Å². The van der Waals surface area contributed by atoms with Crippen molar-refractivity contribution in [3.8, 4) is 0 Å². The normalized spacial score (nSPS) is 11.8. The molecule has 0 atom stereocenters. The molecule has 0 nitrogen and oxygen atoms in total. The lowest BCUT2D eigenvalue weighted by molar-refractivity contribution is 0.978. The predicted octanol–water partition coefficient (Wildman–Crippen LogP) is 6.15. The molecule has 0 rings (SSSR count). The monoisotopic (exact) mass is 244 g/mol. The first-order valence-electron chi connectivity index (χ1n) is 7.08. The number of rotatable bonds is 12. The van der Waals surface area contributed by atoms with Gasteiger partial charge in [-0.2, -0.15) is 0 Å². The Morgan fingerprint density at radius 1 is 0.389 bits per heavy atom. The molecule has 0 unspecified atom stereocenters. The maximum absolute atomic E-state index is 3.70. The zero-order valence-electron chi connectivity index (χ0n) is 11.7. The molecule has 0 aromatic heterocycles. The third-order valence-corrected chi connectivity index (χ3v) is 2.57. The van der Waals surface area contributed by atoms with Crippen LogP contribution in [0.1, 0.15) is 51.4 Å². The molecular weight excluding hydrogens is 216 g/mol. The van der Waals surface area contributed by atoms with E-state index in [0.29, 0.717) is 0 Å². The molecule has 0 N–H and O–H groups in total. The van der Waals surface area contributed by atoms with Crippen molar-refractivity contribution in [2.45, 2.75) is 51.4 Å². The molecule has 0 bridgehead atoms. The van der Waals surface area contributed by atoms with E-state index in [1.54, 1.807) is 0 Å². The molecule has 0 heterocycles. The minimum absolute atomic E-state index is 1.09. The molecule has 0 spiro atoms. The molecule has 0 amide bonds. The van der Waals surface area contributed by atoms with Crippen LogP contribution in [0.5, 0.6) is 0 Å². The van der Waals surface area contributed by atoms with E-state index in [2.05, 4.69) is 49.6 Å². The summed E-state index contributed by atoms with van der Waals surface area (Å²) in [5, 5.41) is 0. The van der Waals surface area contributed by atoms with Gasteiger partial charge in [-0.15, -0.1) is 13.2 Å². The largest absolute Gasteiger partial charge is 0.103 e. The molecule has 18 heavy (non-hydrogen) atoms. The first-order chi connectivity index (χ1) is 8.91. The molecule has 0 aromatic carbocycles. The molecule has 100 valence electrons. The van der Waals surface area contributed by atoms with Gasteiger partial charge in [-0.25, -0.2) is 0 Å². The highest BCUT2D eigenvalue weighted by Gasteiger charge is 1.80. The Morgan fingerprint density at radius 2 is 0.611 bits per heavy atom. The fourth-order valence-corrected chi connectivity index (χ4v) is 1.52. The Kier molecular flexibility index (Phi) is 14.6. The number of hydrogen-bond acceptors (Lipinski definition) is 0. The molecule has 0 aliphatic carbocycles. The van der Waals surface area contributed by atoms with Crippen molar-refractivity contribution in [3.05, 3.63) is 61.8 Å². The summed E-state index contributed by atoms with van der Waals surface area (Å²) in [6.45, 7) is 7.41. The maximum Gasteiger partial charge on any atom is -0.0316 e. The minimum atomic E-state index is 1.09. The van der Waals surface area contributed by atoms with Gasteiger partial charge >= 0.3 is 0 Å². The highest BCUT2D eigenvalue weighted by molar-refractivity contribution is 4.91. The van der Waals surface area contributed by atoms with Gasteiger partial charge in [0.1, 0.15) is 0 Å². The van der Waals surface area contributed by atoms with E-state index in [0.717, 1.165) is 51.4 Å². The highest BCUT2D eigenvalue weighted by Crippen LogP contribution is 2.00. The SMILES string of the molecule is C=CCC/C=C/CC/C=C/CC/C=C/CCC=C. The van der Waals surface area contributed by atoms with Crippen LogP contribution in [0, 0.1) is 0 Å². The van der Waals surface area contributed by atoms with E-state index in [1.807, 2.05) is 12.2 Å². The second-order valence-corrected chi connectivity index (χ2v) is 4.30. The average Bonchev–Trinajstić information content (AvgIpc) is 2.39. The molecule has 0 radical (unpaired) electrons. The number of allylic oxidation sites excluding steroid dienone is 8. The van der Waals surface area contributed by atoms with Gasteiger partial charge in [0.15, 0.2) is 0 Å². The topological polar surface area (TPSA) is 0 Å². The van der Waals surface area contributed by atoms with Gasteiger partial charge in [-0.1, -0.05) is 48.6 Å². The summed E-state index contributed by atoms with van der Waals surface area (Å²) >= 11 is 0. The quantitative estimate of drug-likeness (QED) is 0.285. The molecule has 0 saturated heterocycles. The lowest BCUT2D eigenvalue weighted by atomic mass is 10.2. The molecule has 0 aliphatic rings. The van der Waals surface area contributed by atoms with Gasteiger partial charge in [-0.3, -0.25) is 0 Å². The zero-order chi connectivity index (χ0) is 13.3. The summed E-state index contributed by atoms with van der Waals surface area (Å²) < 4.78 is 0. The van der Waals surface area contributed by atoms with Crippen molar-refractivity contribution in [3.63, 3.8) is 0 Å². The van der Waals surface area contributed by atoms with E-state index in [4.69, 9.17) is 0 Å². The first-order valence-corrected chi connectivity index (χ1v) is 7.08. The summed E-state index contributed by atoms with van der Waals surface area (Å²) in [5.41, 5.74) is 0. The van der Waals surface area contributed by atoms with Crippen LogP contribution in [0.15, 0.2) is 61.8 Å². The van der Waals surface area contributed by atoms with Gasteiger partial charge in [0.05, 0.1) is 0 Å². The lowest BCUT2D eigenvalue weighted by Crippen LogP contribution is -1.69. The lowest BCUT2D eigenvalue weighted by Gasteiger charge is -1.90. The van der Waals surface area contributed by atoms with Crippen LogP contribution in [0.3, 0.4) is 0 Å². The Labute approximate surface area is 113 Å². The summed E-state index contributed by atoms with van der Waals surface area (Å²) in [5.74, 6) is 0. The molecular formula is C18H28. The van der Waals surface area contributed by atoms with Crippen LogP contribution in [0.4, 0.5) is 0 Å². The molecule has 0 fully saturated rings. The third-order valence-electron chi connectivity index (χ3n) is 2.57. The van der Waals surface area contributed by atoms with Crippen molar-refractivity contribution in [2.24, 2.45) is 0 Å². The van der Waals surface area contributed by atoms with Gasteiger partial charge in [0.2, 0.25) is 0 Å². The zero-order valence-corrected chi connectivity index (χ0v) is 11.7. The predicted molar refractivity (Wildman–Crippen MR) is 84.8 cm³/mol.